The molecular formula is C20H18N2. The first-order valence-electron chi connectivity index (χ1n) is 7.10. The van der Waals surface area contributed by atoms with Gasteiger partial charge < -0.3 is 0 Å². The van der Waals surface area contributed by atoms with E-state index in [4.69, 9.17) is 0 Å². The van der Waals surface area contributed by atoms with E-state index in [0.29, 0.717) is 0 Å². The molecule has 2 nitrogen and oxygen atoms in total. The molecule has 0 unspecified atom stereocenters. The average Bonchev–Trinajstić information content (AvgIpc) is 2.66. The summed E-state index contributed by atoms with van der Waals surface area (Å²) in [6.45, 7) is 0. The summed E-state index contributed by atoms with van der Waals surface area (Å²) >= 11 is 0. The fourth-order valence-electron chi connectivity index (χ4n) is 1.76. The Labute approximate surface area is 131 Å². The summed E-state index contributed by atoms with van der Waals surface area (Å²) in [5.41, 5.74) is 0. The van der Waals surface area contributed by atoms with Crippen molar-refractivity contribution in [2.75, 3.05) is 0 Å². The molecule has 0 fully saturated rings. The standard InChI is InChI=1S/C10H8.2C5H5N/c1-2-6-10-8-4-3-7-9(10)5-1;2*1-2-4-6-5-3-1/h1-8H;2*1-5H. The largest absolute Gasteiger partial charge is 0.265 e. The van der Waals surface area contributed by atoms with Gasteiger partial charge in [-0.05, 0) is 35.0 Å². The van der Waals surface area contributed by atoms with E-state index in [9.17, 15) is 0 Å². The molecule has 0 amide bonds. The van der Waals surface area contributed by atoms with Gasteiger partial charge in [0.15, 0.2) is 0 Å². The van der Waals surface area contributed by atoms with Gasteiger partial charge in [0.2, 0.25) is 0 Å². The van der Waals surface area contributed by atoms with Crippen LogP contribution in [0.4, 0.5) is 0 Å². The molecule has 2 heterocycles. The Hall–Kier alpha value is -3.00. The fourth-order valence-corrected chi connectivity index (χ4v) is 1.76. The maximum atomic E-state index is 3.78. The van der Waals surface area contributed by atoms with Gasteiger partial charge in [0.05, 0.1) is 0 Å². The molecule has 0 saturated heterocycles. The molecule has 0 aliphatic rings. The third-order valence-electron chi connectivity index (χ3n) is 2.79. The molecular weight excluding hydrogens is 268 g/mol. The summed E-state index contributed by atoms with van der Waals surface area (Å²) in [5.74, 6) is 0. The van der Waals surface area contributed by atoms with E-state index < -0.39 is 0 Å². The molecule has 4 rings (SSSR count). The normalized spacial score (nSPS) is 8.91. The van der Waals surface area contributed by atoms with Gasteiger partial charge in [-0.15, -0.1) is 0 Å². The number of aromatic nitrogens is 2. The topological polar surface area (TPSA) is 25.8 Å². The summed E-state index contributed by atoms with van der Waals surface area (Å²) in [6.07, 6.45) is 7.00. The van der Waals surface area contributed by atoms with E-state index >= 15 is 0 Å². The van der Waals surface area contributed by atoms with Crippen LogP contribution in [0.5, 0.6) is 0 Å². The quantitative estimate of drug-likeness (QED) is 0.454. The highest BCUT2D eigenvalue weighted by Crippen LogP contribution is 2.11. The van der Waals surface area contributed by atoms with Crippen LogP contribution in [0.1, 0.15) is 0 Å². The van der Waals surface area contributed by atoms with Crippen molar-refractivity contribution in [3.8, 4) is 0 Å². The Morgan fingerprint density at radius 1 is 0.364 bits per heavy atom. The van der Waals surface area contributed by atoms with Gasteiger partial charge >= 0.3 is 0 Å². The number of fused-ring (bicyclic) bond motifs is 1. The van der Waals surface area contributed by atoms with Crippen LogP contribution in [-0.2, 0) is 0 Å². The van der Waals surface area contributed by atoms with Crippen molar-refractivity contribution in [1.82, 2.24) is 9.97 Å². The molecule has 108 valence electrons. The van der Waals surface area contributed by atoms with Crippen LogP contribution >= 0.6 is 0 Å². The number of benzene rings is 2. The molecule has 22 heavy (non-hydrogen) atoms. The minimum atomic E-state index is 1.31. The van der Waals surface area contributed by atoms with Crippen molar-refractivity contribution in [3.63, 3.8) is 0 Å². The number of hydrogen-bond acceptors (Lipinski definition) is 2. The first kappa shape index (κ1) is 15.4. The second-order valence-electron chi connectivity index (χ2n) is 4.40. The summed E-state index contributed by atoms with van der Waals surface area (Å²) in [4.78, 5) is 7.57. The molecule has 0 radical (unpaired) electrons. The molecule has 2 aromatic heterocycles. The predicted molar refractivity (Wildman–Crippen MR) is 92.4 cm³/mol. The van der Waals surface area contributed by atoms with E-state index in [2.05, 4.69) is 58.5 Å². The lowest BCUT2D eigenvalue weighted by atomic mass is 10.1. The zero-order valence-electron chi connectivity index (χ0n) is 12.3. The molecule has 2 heteroatoms. The predicted octanol–water partition coefficient (Wildman–Crippen LogP) is 5.00. The number of pyridine rings is 2. The first-order chi connectivity index (χ1) is 11.0. The second-order valence-corrected chi connectivity index (χ2v) is 4.40. The molecule has 4 aromatic rings. The Morgan fingerprint density at radius 3 is 0.864 bits per heavy atom. The summed E-state index contributed by atoms with van der Waals surface area (Å²) in [5, 5.41) is 2.62. The van der Waals surface area contributed by atoms with Gasteiger partial charge in [0.25, 0.3) is 0 Å². The SMILES string of the molecule is c1ccc2ccccc2c1.c1ccncc1.c1ccncc1. The highest BCUT2D eigenvalue weighted by atomic mass is 14.6. The molecule has 0 spiro atoms. The van der Waals surface area contributed by atoms with E-state index in [-0.39, 0.29) is 0 Å². The molecule has 2 aromatic carbocycles. The Bertz CT molecular complexity index is 590. The molecule has 0 aliphatic carbocycles. The van der Waals surface area contributed by atoms with Crippen LogP contribution in [0.25, 0.3) is 10.8 Å². The number of rotatable bonds is 0. The number of hydrogen-bond donors (Lipinski definition) is 0. The Balaban J connectivity index is 0.000000128. The van der Waals surface area contributed by atoms with E-state index in [1.807, 2.05) is 36.4 Å². The van der Waals surface area contributed by atoms with Gasteiger partial charge in [-0.2, -0.15) is 0 Å². The summed E-state index contributed by atoms with van der Waals surface area (Å²) < 4.78 is 0. The van der Waals surface area contributed by atoms with Crippen LogP contribution in [0.15, 0.2) is 110 Å². The van der Waals surface area contributed by atoms with E-state index in [0.717, 1.165) is 0 Å². The van der Waals surface area contributed by atoms with Gasteiger partial charge in [-0.3, -0.25) is 9.97 Å². The maximum Gasteiger partial charge on any atom is 0.0267 e. The lowest BCUT2D eigenvalue weighted by Gasteiger charge is -1.92. The zero-order chi connectivity index (χ0) is 15.3. The van der Waals surface area contributed by atoms with Gasteiger partial charge in [0.1, 0.15) is 0 Å². The first-order valence-corrected chi connectivity index (χ1v) is 7.10. The lowest BCUT2D eigenvalue weighted by molar-refractivity contribution is 1.33. The van der Waals surface area contributed by atoms with Crippen LogP contribution in [-0.4, -0.2) is 9.97 Å². The molecule has 0 bridgehead atoms. The van der Waals surface area contributed by atoms with Crippen LogP contribution < -0.4 is 0 Å². The highest BCUT2D eigenvalue weighted by molar-refractivity contribution is 5.81. The zero-order valence-corrected chi connectivity index (χ0v) is 12.3. The van der Waals surface area contributed by atoms with Gasteiger partial charge in [-0.1, -0.05) is 60.7 Å². The van der Waals surface area contributed by atoms with Crippen molar-refractivity contribution in [3.05, 3.63) is 110 Å². The minimum absolute atomic E-state index is 1.31. The number of nitrogens with zero attached hydrogens (tertiary/aromatic N) is 2. The van der Waals surface area contributed by atoms with Crippen molar-refractivity contribution < 1.29 is 0 Å². The summed E-state index contributed by atoms with van der Waals surface area (Å²) in [6, 6.07) is 28.1. The Kier molecular flexibility index (Phi) is 6.88. The molecule has 0 aliphatic heterocycles. The average molecular weight is 286 g/mol. The highest BCUT2D eigenvalue weighted by Gasteiger charge is 1.85. The lowest BCUT2D eigenvalue weighted by Crippen LogP contribution is -1.67. The Morgan fingerprint density at radius 2 is 0.682 bits per heavy atom. The van der Waals surface area contributed by atoms with Crippen LogP contribution in [0, 0.1) is 0 Å². The smallest absolute Gasteiger partial charge is 0.0267 e. The van der Waals surface area contributed by atoms with Gasteiger partial charge in [0, 0.05) is 24.8 Å². The second kappa shape index (κ2) is 9.83. The molecule has 0 saturated carbocycles. The fraction of sp³-hybridized carbons (Fsp3) is 0. The van der Waals surface area contributed by atoms with Crippen LogP contribution in [0.2, 0.25) is 0 Å². The maximum absolute atomic E-state index is 3.78. The van der Waals surface area contributed by atoms with Crippen molar-refractivity contribution in [2.45, 2.75) is 0 Å². The minimum Gasteiger partial charge on any atom is -0.265 e. The monoisotopic (exact) mass is 286 g/mol. The van der Waals surface area contributed by atoms with E-state index in [1.165, 1.54) is 10.8 Å². The molecule has 0 atom stereocenters. The van der Waals surface area contributed by atoms with Crippen molar-refractivity contribution in [2.24, 2.45) is 0 Å². The summed E-state index contributed by atoms with van der Waals surface area (Å²) in [7, 11) is 0. The van der Waals surface area contributed by atoms with Crippen molar-refractivity contribution in [1.29, 1.82) is 0 Å². The van der Waals surface area contributed by atoms with Gasteiger partial charge in [-0.25, -0.2) is 0 Å². The molecule has 0 N–H and O–H groups in total. The third-order valence-corrected chi connectivity index (χ3v) is 2.79. The van der Waals surface area contributed by atoms with Crippen molar-refractivity contribution >= 4 is 10.8 Å². The van der Waals surface area contributed by atoms with E-state index in [1.54, 1.807) is 24.8 Å². The van der Waals surface area contributed by atoms with Crippen LogP contribution in [0.3, 0.4) is 0 Å². The third kappa shape index (κ3) is 5.97.